The van der Waals surface area contributed by atoms with Crippen LogP contribution in [-0.4, -0.2) is 70.0 Å². The molecule has 1 fully saturated rings. The lowest BCUT2D eigenvalue weighted by Gasteiger charge is -2.41. The number of nitrogens with zero attached hydrogens (tertiary/aromatic N) is 6. The van der Waals surface area contributed by atoms with Crippen LogP contribution in [-0.2, 0) is 10.9 Å². The van der Waals surface area contributed by atoms with E-state index in [0.717, 1.165) is 27.6 Å². The van der Waals surface area contributed by atoms with Gasteiger partial charge in [0.1, 0.15) is 47.8 Å². The number of rotatable bonds is 5. The van der Waals surface area contributed by atoms with Crippen LogP contribution >= 0.6 is 11.6 Å². The van der Waals surface area contributed by atoms with E-state index in [2.05, 4.69) is 20.4 Å². The standard InChI is InChI=1S/C28H23ClF4N6O4/c1-13-34-27(39(36-13)21-10-16(29)6-7-18(21)28(31,32)33)26-25(42)23(24(41)22(12-40)43-26)38-11-20(35-37-38)15-8-14-4-2-3-5-17(14)19(30)9-15/h2-11,22-26,40-42H,12H2,1H3/t22-,23+,24+,25-,26-/m1/s1. The molecule has 5 aromatic rings. The number of alkyl halides is 3. The Hall–Kier alpha value is -3.95. The second kappa shape index (κ2) is 11.0. The van der Waals surface area contributed by atoms with Gasteiger partial charge >= 0.3 is 6.18 Å². The van der Waals surface area contributed by atoms with Crippen LogP contribution in [0.2, 0.25) is 5.02 Å². The fourth-order valence-electron chi connectivity index (χ4n) is 5.31. The molecule has 3 heterocycles. The molecule has 0 spiro atoms. The number of aliphatic hydroxyl groups excluding tert-OH is 3. The fraction of sp³-hybridized carbons (Fsp3) is 0.286. The quantitative estimate of drug-likeness (QED) is 0.250. The van der Waals surface area contributed by atoms with E-state index in [1.165, 1.54) is 19.2 Å². The summed E-state index contributed by atoms with van der Waals surface area (Å²) in [5, 5.41) is 45.8. The predicted molar refractivity (Wildman–Crippen MR) is 145 cm³/mol. The molecule has 1 aliphatic heterocycles. The van der Waals surface area contributed by atoms with Gasteiger partial charge in [0.05, 0.1) is 24.1 Å². The van der Waals surface area contributed by atoms with Gasteiger partial charge in [-0.1, -0.05) is 41.1 Å². The van der Waals surface area contributed by atoms with Gasteiger partial charge in [-0.25, -0.2) is 18.7 Å². The topological polar surface area (TPSA) is 131 Å². The highest BCUT2D eigenvalue weighted by atomic mass is 35.5. The number of hydrogen-bond acceptors (Lipinski definition) is 8. The molecule has 0 radical (unpaired) electrons. The van der Waals surface area contributed by atoms with E-state index in [0.29, 0.717) is 16.3 Å². The maximum atomic E-state index is 14.8. The smallest absolute Gasteiger partial charge is 0.394 e. The zero-order valence-electron chi connectivity index (χ0n) is 22.2. The lowest BCUT2D eigenvalue weighted by molar-refractivity contribution is -0.210. The van der Waals surface area contributed by atoms with Crippen LogP contribution in [0.1, 0.15) is 29.4 Å². The molecule has 5 atom stereocenters. The van der Waals surface area contributed by atoms with Crippen molar-refractivity contribution in [3.63, 3.8) is 0 Å². The highest BCUT2D eigenvalue weighted by molar-refractivity contribution is 6.30. The molecule has 15 heteroatoms. The third-order valence-corrected chi connectivity index (χ3v) is 7.54. The summed E-state index contributed by atoms with van der Waals surface area (Å²) in [6.45, 7) is 0.728. The molecule has 224 valence electrons. The van der Waals surface area contributed by atoms with E-state index in [9.17, 15) is 32.9 Å². The first-order valence-corrected chi connectivity index (χ1v) is 13.4. The summed E-state index contributed by atoms with van der Waals surface area (Å²) in [5.74, 6) is -0.656. The molecule has 10 nitrogen and oxygen atoms in total. The first-order valence-electron chi connectivity index (χ1n) is 13.0. The lowest BCUT2D eigenvalue weighted by atomic mass is 9.92. The van der Waals surface area contributed by atoms with Crippen LogP contribution in [0.25, 0.3) is 27.7 Å². The van der Waals surface area contributed by atoms with Crippen molar-refractivity contribution in [2.24, 2.45) is 0 Å². The minimum absolute atomic E-state index is 0.00554. The largest absolute Gasteiger partial charge is 0.418 e. The first kappa shape index (κ1) is 29.1. The average Bonchev–Trinajstić information content (AvgIpc) is 3.60. The van der Waals surface area contributed by atoms with Crippen molar-refractivity contribution in [1.29, 1.82) is 0 Å². The molecule has 0 amide bonds. The fourth-order valence-corrected chi connectivity index (χ4v) is 5.47. The van der Waals surface area contributed by atoms with Crippen molar-refractivity contribution < 1.29 is 37.6 Å². The number of hydrogen-bond donors (Lipinski definition) is 3. The van der Waals surface area contributed by atoms with Crippen LogP contribution in [0.3, 0.4) is 0 Å². The normalized spacial score (nSPS) is 22.8. The van der Waals surface area contributed by atoms with Gasteiger partial charge in [0.25, 0.3) is 0 Å². The Morgan fingerprint density at radius 1 is 1.05 bits per heavy atom. The Morgan fingerprint density at radius 2 is 1.81 bits per heavy atom. The van der Waals surface area contributed by atoms with Crippen LogP contribution < -0.4 is 0 Å². The van der Waals surface area contributed by atoms with Crippen LogP contribution in [0.15, 0.2) is 60.8 Å². The van der Waals surface area contributed by atoms with Crippen molar-refractivity contribution in [2.75, 3.05) is 6.61 Å². The van der Waals surface area contributed by atoms with E-state index >= 15 is 0 Å². The summed E-state index contributed by atoms with van der Waals surface area (Å²) >= 11 is 6.04. The van der Waals surface area contributed by atoms with E-state index in [1.807, 2.05) is 0 Å². The molecule has 2 aromatic heterocycles. The Labute approximate surface area is 245 Å². The molecule has 0 unspecified atom stereocenters. The van der Waals surface area contributed by atoms with Crippen LogP contribution in [0.5, 0.6) is 0 Å². The SMILES string of the molecule is Cc1nc([C@@H]2O[C@H](CO)[C@H](O)[C@H](n3cc(-c4cc(F)c5ccccc5c4)nn3)[C@H]2O)n(-c2cc(Cl)ccc2C(F)(F)F)n1. The van der Waals surface area contributed by atoms with Crippen molar-refractivity contribution in [2.45, 2.75) is 43.6 Å². The number of benzene rings is 3. The van der Waals surface area contributed by atoms with Crippen molar-refractivity contribution in [1.82, 2.24) is 29.8 Å². The molecule has 0 bridgehead atoms. The predicted octanol–water partition coefficient (Wildman–Crippen LogP) is 4.19. The highest BCUT2D eigenvalue weighted by Gasteiger charge is 2.49. The molecule has 6 rings (SSSR count). The number of aryl methyl sites for hydroxylation is 1. The molecule has 3 N–H and O–H groups in total. The average molecular weight is 619 g/mol. The van der Waals surface area contributed by atoms with E-state index in [1.54, 1.807) is 30.3 Å². The number of halogens is 5. The number of ether oxygens (including phenoxy) is 1. The number of aromatic nitrogens is 6. The Kier molecular flexibility index (Phi) is 7.42. The second-order valence-electron chi connectivity index (χ2n) is 10.1. The summed E-state index contributed by atoms with van der Waals surface area (Å²) in [4.78, 5) is 4.23. The van der Waals surface area contributed by atoms with Crippen molar-refractivity contribution in [3.05, 3.63) is 88.8 Å². The summed E-state index contributed by atoms with van der Waals surface area (Å²) in [6, 6.07) is 11.4. The molecule has 3 aromatic carbocycles. The minimum Gasteiger partial charge on any atom is -0.394 e. The summed E-state index contributed by atoms with van der Waals surface area (Å²) in [7, 11) is 0. The van der Waals surface area contributed by atoms with Gasteiger partial charge in [-0.15, -0.1) is 5.10 Å². The third kappa shape index (κ3) is 5.25. The monoisotopic (exact) mass is 618 g/mol. The van der Waals surface area contributed by atoms with Crippen molar-refractivity contribution in [3.8, 4) is 16.9 Å². The molecule has 43 heavy (non-hydrogen) atoms. The molecule has 1 saturated heterocycles. The second-order valence-corrected chi connectivity index (χ2v) is 10.5. The third-order valence-electron chi connectivity index (χ3n) is 7.30. The van der Waals surface area contributed by atoms with E-state index < -0.39 is 60.3 Å². The number of fused-ring (bicyclic) bond motifs is 1. The molecular formula is C28H23ClF4N6O4. The zero-order valence-corrected chi connectivity index (χ0v) is 22.9. The Morgan fingerprint density at radius 3 is 2.56 bits per heavy atom. The maximum Gasteiger partial charge on any atom is 0.418 e. The summed E-state index contributed by atoms with van der Waals surface area (Å²) < 4.78 is 64.4. The lowest BCUT2D eigenvalue weighted by Crippen LogP contribution is -2.53. The van der Waals surface area contributed by atoms with E-state index in [-0.39, 0.29) is 22.4 Å². The molecule has 1 aliphatic rings. The van der Waals surface area contributed by atoms with Gasteiger partial charge in [-0.05, 0) is 42.6 Å². The van der Waals surface area contributed by atoms with E-state index in [4.69, 9.17) is 16.3 Å². The van der Waals surface area contributed by atoms with Crippen LogP contribution in [0, 0.1) is 12.7 Å². The zero-order chi connectivity index (χ0) is 30.6. The van der Waals surface area contributed by atoms with Gasteiger partial charge in [-0.2, -0.15) is 18.3 Å². The van der Waals surface area contributed by atoms with Crippen molar-refractivity contribution >= 4 is 22.4 Å². The number of aliphatic hydroxyl groups is 3. The van der Waals surface area contributed by atoms with Gasteiger partial charge in [0.2, 0.25) is 0 Å². The first-order chi connectivity index (χ1) is 20.5. The highest BCUT2D eigenvalue weighted by Crippen LogP contribution is 2.41. The van der Waals surface area contributed by atoms with Gasteiger partial charge in [-0.3, -0.25) is 0 Å². The molecule has 0 saturated carbocycles. The molecular weight excluding hydrogens is 596 g/mol. The summed E-state index contributed by atoms with van der Waals surface area (Å²) in [6.07, 6.45) is -9.40. The maximum absolute atomic E-state index is 14.8. The minimum atomic E-state index is -4.78. The van der Waals surface area contributed by atoms with Gasteiger partial charge < -0.3 is 20.1 Å². The Bertz CT molecular complexity index is 1810. The molecule has 0 aliphatic carbocycles. The van der Waals surface area contributed by atoms with Crippen LogP contribution in [0.4, 0.5) is 17.6 Å². The van der Waals surface area contributed by atoms with Gasteiger partial charge in [0, 0.05) is 16.0 Å². The van der Waals surface area contributed by atoms with Gasteiger partial charge in [0.15, 0.2) is 5.82 Å². The summed E-state index contributed by atoms with van der Waals surface area (Å²) in [5.41, 5.74) is -0.923. The Balaban J connectivity index is 1.41.